The van der Waals surface area contributed by atoms with Crippen molar-refractivity contribution >= 4 is 13.8 Å². The Morgan fingerprint density at radius 1 is 0.569 bits per heavy atom. The van der Waals surface area contributed by atoms with Crippen LogP contribution in [0.4, 0.5) is 0 Å². The van der Waals surface area contributed by atoms with E-state index in [4.69, 9.17) is 24.3 Å². The Labute approximate surface area is 315 Å². The number of carbonyl (C=O) groups is 1. The summed E-state index contributed by atoms with van der Waals surface area (Å²) in [6.07, 6.45) is 42.2. The fourth-order valence-corrected chi connectivity index (χ4v) is 6.99. The average Bonchev–Trinajstić information content (AvgIpc) is 3.12. The number of allylic oxidation sites excluding steroid dienone is 2. The zero-order valence-electron chi connectivity index (χ0n) is 33.6. The van der Waals surface area contributed by atoms with E-state index in [9.17, 15) is 14.3 Å². The quantitative estimate of drug-likeness (QED) is 0.0274. The largest absolute Gasteiger partial charge is 0.472 e. The van der Waals surface area contributed by atoms with Crippen LogP contribution < -0.4 is 5.73 Å². The first kappa shape index (κ1) is 50.2. The smallest absolute Gasteiger partial charge is 0.457 e. The van der Waals surface area contributed by atoms with Gasteiger partial charge < -0.3 is 20.1 Å². The molecule has 2 unspecified atom stereocenters. The molecule has 51 heavy (non-hydrogen) atoms. The van der Waals surface area contributed by atoms with Crippen molar-refractivity contribution in [2.45, 2.75) is 219 Å². The first-order valence-corrected chi connectivity index (χ1v) is 23.2. The molecule has 304 valence electrons. The number of hydrogen-bond donors (Lipinski definition) is 2. The molecule has 2 atom stereocenters. The van der Waals surface area contributed by atoms with Crippen molar-refractivity contribution in [3.8, 4) is 0 Å². The minimum Gasteiger partial charge on any atom is -0.457 e. The first-order valence-electron chi connectivity index (χ1n) is 21.7. The van der Waals surface area contributed by atoms with Crippen LogP contribution in [0.15, 0.2) is 12.2 Å². The second kappa shape index (κ2) is 40.4. The van der Waals surface area contributed by atoms with Gasteiger partial charge in [0.25, 0.3) is 0 Å². The number of ether oxygens (including phenoxy) is 2. The van der Waals surface area contributed by atoms with Crippen molar-refractivity contribution < 1.29 is 32.8 Å². The predicted molar refractivity (Wildman–Crippen MR) is 215 cm³/mol. The Morgan fingerprint density at radius 3 is 1.43 bits per heavy atom. The fourth-order valence-electron chi connectivity index (χ4n) is 6.23. The van der Waals surface area contributed by atoms with Gasteiger partial charge in [-0.2, -0.15) is 0 Å². The second-order valence-corrected chi connectivity index (χ2v) is 16.0. The summed E-state index contributed by atoms with van der Waals surface area (Å²) < 4.78 is 33.4. The number of carbonyl (C=O) groups excluding carboxylic acids is 1. The van der Waals surface area contributed by atoms with Crippen molar-refractivity contribution in [3.05, 3.63) is 12.2 Å². The van der Waals surface area contributed by atoms with Gasteiger partial charge in [-0.15, -0.1) is 0 Å². The van der Waals surface area contributed by atoms with Crippen LogP contribution in [0.5, 0.6) is 0 Å². The van der Waals surface area contributed by atoms with E-state index in [0.29, 0.717) is 13.0 Å². The first-order chi connectivity index (χ1) is 24.9. The summed E-state index contributed by atoms with van der Waals surface area (Å²) in [5.41, 5.74) is 5.37. The molecule has 0 amide bonds. The van der Waals surface area contributed by atoms with Gasteiger partial charge in [0.2, 0.25) is 0 Å². The van der Waals surface area contributed by atoms with Gasteiger partial charge in [-0.1, -0.05) is 180 Å². The van der Waals surface area contributed by atoms with E-state index in [-0.39, 0.29) is 32.3 Å². The zero-order valence-corrected chi connectivity index (χ0v) is 34.5. The highest BCUT2D eigenvalue weighted by Gasteiger charge is 2.25. The Morgan fingerprint density at radius 2 is 0.980 bits per heavy atom. The highest BCUT2D eigenvalue weighted by atomic mass is 31.2. The SMILES string of the molecule is CCCCCCCC/C=C\CCCCCCCCCC(=O)OC(COCCCCCCCCCCCCCCCCC)COP(=O)(O)OCCN. The molecule has 0 aliphatic carbocycles. The molecule has 0 aliphatic rings. The van der Waals surface area contributed by atoms with Crippen LogP contribution in [-0.2, 0) is 27.9 Å². The maximum absolute atomic E-state index is 12.6. The van der Waals surface area contributed by atoms with Gasteiger partial charge in [0, 0.05) is 19.6 Å². The molecule has 0 saturated carbocycles. The highest BCUT2D eigenvalue weighted by molar-refractivity contribution is 7.47. The van der Waals surface area contributed by atoms with Crippen LogP contribution in [-0.4, -0.2) is 49.9 Å². The van der Waals surface area contributed by atoms with E-state index in [1.807, 2.05) is 0 Å². The van der Waals surface area contributed by atoms with E-state index < -0.39 is 13.9 Å². The average molecular weight is 746 g/mol. The van der Waals surface area contributed by atoms with Gasteiger partial charge in [0.15, 0.2) is 0 Å². The normalized spacial score (nSPS) is 13.6. The molecule has 0 heterocycles. The summed E-state index contributed by atoms with van der Waals surface area (Å²) in [5.74, 6) is -0.331. The van der Waals surface area contributed by atoms with Gasteiger partial charge in [-0.3, -0.25) is 13.8 Å². The third-order valence-corrected chi connectivity index (χ3v) is 10.4. The van der Waals surface area contributed by atoms with Crippen LogP contribution >= 0.6 is 7.82 Å². The molecule has 3 N–H and O–H groups in total. The van der Waals surface area contributed by atoms with Crippen molar-refractivity contribution in [1.82, 2.24) is 0 Å². The zero-order chi connectivity index (χ0) is 37.4. The number of unbranched alkanes of at least 4 members (excludes halogenated alkanes) is 27. The Bertz CT molecular complexity index is 797. The lowest BCUT2D eigenvalue weighted by molar-refractivity contribution is -0.154. The third-order valence-electron chi connectivity index (χ3n) is 9.43. The molecule has 0 bridgehead atoms. The number of esters is 1. The van der Waals surface area contributed by atoms with Crippen LogP contribution in [0.3, 0.4) is 0 Å². The van der Waals surface area contributed by atoms with E-state index in [0.717, 1.165) is 32.1 Å². The van der Waals surface area contributed by atoms with Crippen LogP contribution in [0.1, 0.15) is 213 Å². The predicted octanol–water partition coefficient (Wildman–Crippen LogP) is 12.7. The molecule has 0 aliphatic heterocycles. The number of nitrogens with two attached hydrogens (primary N) is 1. The lowest BCUT2D eigenvalue weighted by Crippen LogP contribution is -2.28. The van der Waals surface area contributed by atoms with Crippen molar-refractivity contribution in [1.29, 1.82) is 0 Å². The molecule has 0 spiro atoms. The molecular weight excluding hydrogens is 661 g/mol. The Balaban J connectivity index is 4.00. The van der Waals surface area contributed by atoms with Crippen LogP contribution in [0.25, 0.3) is 0 Å². The molecule has 0 radical (unpaired) electrons. The molecule has 0 fully saturated rings. The van der Waals surface area contributed by atoms with Crippen molar-refractivity contribution in [3.63, 3.8) is 0 Å². The van der Waals surface area contributed by atoms with Crippen LogP contribution in [0, 0.1) is 0 Å². The summed E-state index contributed by atoms with van der Waals surface area (Å²) >= 11 is 0. The summed E-state index contributed by atoms with van der Waals surface area (Å²) in [6, 6.07) is 0. The fraction of sp³-hybridized carbons (Fsp3) is 0.929. The molecule has 0 aromatic rings. The number of phosphoric ester groups is 1. The topological polar surface area (TPSA) is 117 Å². The Kier molecular flexibility index (Phi) is 39.8. The molecular formula is C42H84NO7P. The second-order valence-electron chi connectivity index (χ2n) is 14.6. The van der Waals surface area contributed by atoms with Gasteiger partial charge in [0.1, 0.15) is 6.10 Å². The maximum atomic E-state index is 12.6. The van der Waals surface area contributed by atoms with Crippen LogP contribution in [0.2, 0.25) is 0 Å². The van der Waals surface area contributed by atoms with Crippen molar-refractivity contribution in [2.75, 3.05) is 33.0 Å². The summed E-state index contributed by atoms with van der Waals surface area (Å²) in [7, 11) is -4.27. The van der Waals surface area contributed by atoms with Gasteiger partial charge in [-0.25, -0.2) is 4.57 Å². The standard InChI is InChI=1S/C42H84NO7P/c1-3-5-7-9-11-13-15-17-19-20-21-23-25-27-29-31-33-35-42(44)50-41(40-49-51(45,46)48-38-36-43)39-47-37-34-32-30-28-26-24-22-18-16-14-12-10-8-6-4-2/h17,19,41H,3-16,18,20-40,43H2,1-2H3,(H,45,46)/b19-17-. The molecule has 0 saturated heterocycles. The minimum absolute atomic E-state index is 0.0930. The van der Waals surface area contributed by atoms with E-state index >= 15 is 0 Å². The number of phosphoric acid groups is 1. The lowest BCUT2D eigenvalue weighted by Gasteiger charge is -2.20. The summed E-state index contributed by atoms with van der Waals surface area (Å²) in [4.78, 5) is 22.5. The molecule has 0 rings (SSSR count). The Hall–Kier alpha value is -0.760. The van der Waals surface area contributed by atoms with Crippen molar-refractivity contribution in [2.24, 2.45) is 5.73 Å². The molecule has 9 heteroatoms. The number of hydrogen-bond acceptors (Lipinski definition) is 7. The maximum Gasteiger partial charge on any atom is 0.472 e. The molecule has 8 nitrogen and oxygen atoms in total. The molecule has 0 aromatic heterocycles. The minimum atomic E-state index is -4.27. The van der Waals surface area contributed by atoms with E-state index in [2.05, 4.69) is 26.0 Å². The molecule has 0 aromatic carbocycles. The monoisotopic (exact) mass is 746 g/mol. The van der Waals surface area contributed by atoms with E-state index in [1.165, 1.54) is 161 Å². The van der Waals surface area contributed by atoms with Gasteiger partial charge >= 0.3 is 13.8 Å². The van der Waals surface area contributed by atoms with Gasteiger partial charge in [-0.05, 0) is 38.5 Å². The number of rotatable bonds is 42. The van der Waals surface area contributed by atoms with Gasteiger partial charge in [0.05, 0.1) is 19.8 Å². The van der Waals surface area contributed by atoms with E-state index in [1.54, 1.807) is 0 Å². The summed E-state index contributed by atoms with van der Waals surface area (Å²) in [5, 5.41) is 0. The highest BCUT2D eigenvalue weighted by Crippen LogP contribution is 2.43. The lowest BCUT2D eigenvalue weighted by atomic mass is 10.0. The summed E-state index contributed by atoms with van der Waals surface area (Å²) in [6.45, 7) is 4.95. The third kappa shape index (κ3) is 40.3.